The molecule has 0 saturated carbocycles. The van der Waals surface area contributed by atoms with Gasteiger partial charge in [0.25, 0.3) is 12.4 Å². The number of thiazole rings is 1. The number of amides is 2. The zero-order chi connectivity index (χ0) is 37.6. The lowest BCUT2D eigenvalue weighted by Crippen LogP contribution is -2.58. The first-order valence-corrected chi connectivity index (χ1v) is 17.2. The van der Waals surface area contributed by atoms with Crippen LogP contribution in [0.4, 0.5) is 16.8 Å². The molecule has 4 aromatic rings. The largest absolute Gasteiger partial charge is 0.490 e. The molecule has 4 rings (SSSR count). The molecule has 19 nitrogen and oxygen atoms in total. The standard InChI is InChI=1S/C29H38N10O7S2.CH2O2/c1-19(29(2,3)39(18-40)46-48(42)43)32-27(41)26(23-17-47-28(31)34-23)36-45-15-14-44-21-7-8-22-20(16-21)6-9-24(33-22)35-25-10-13-38(37(25)4)12-5-11-30;2-1-3/h6-10,13,16-19H,5,11-12,14-15,30H2,1-4H3,(H4,31,32,34,41,42,43);1H,(H,2,3)/p+1/b36-26-;/t19-;/m1./s1. The van der Waals surface area contributed by atoms with Crippen molar-refractivity contribution in [1.29, 1.82) is 0 Å². The summed E-state index contributed by atoms with van der Waals surface area (Å²) in [5, 5.41) is 20.2. The number of nitrogens with two attached hydrogens (primary N) is 2. The molecule has 0 fully saturated rings. The third-order valence-electron chi connectivity index (χ3n) is 7.44. The van der Waals surface area contributed by atoms with Crippen molar-refractivity contribution in [3.05, 3.63) is 53.7 Å². The molecule has 276 valence electrons. The monoisotopic (exact) mass is 749 g/mol. The van der Waals surface area contributed by atoms with Gasteiger partial charge in [0.05, 0.1) is 30.2 Å². The number of hydrogen-bond donors (Lipinski definition) is 6. The lowest BCUT2D eigenvalue weighted by molar-refractivity contribution is -0.772. The number of pyridine rings is 1. The number of carbonyl (C=O) groups excluding carboxylic acids is 2. The van der Waals surface area contributed by atoms with Gasteiger partial charge >= 0.3 is 11.4 Å². The van der Waals surface area contributed by atoms with Crippen LogP contribution in [-0.2, 0) is 48.5 Å². The number of aromatic nitrogens is 4. The van der Waals surface area contributed by atoms with Crippen LogP contribution in [0.2, 0.25) is 0 Å². The van der Waals surface area contributed by atoms with Crippen LogP contribution in [0.25, 0.3) is 10.9 Å². The topological polar surface area (TPSA) is 263 Å². The van der Waals surface area contributed by atoms with Crippen LogP contribution in [0.3, 0.4) is 0 Å². The van der Waals surface area contributed by atoms with E-state index in [9.17, 15) is 13.8 Å². The minimum Gasteiger partial charge on any atom is -0.490 e. The molecule has 2 atom stereocenters. The first kappa shape index (κ1) is 40.2. The van der Waals surface area contributed by atoms with E-state index in [0.29, 0.717) is 23.2 Å². The molecule has 0 saturated heterocycles. The number of oxime groups is 1. The number of nitrogens with zero attached hydrogens (tertiary/aromatic N) is 6. The molecule has 8 N–H and O–H groups in total. The van der Waals surface area contributed by atoms with Gasteiger partial charge in [0, 0.05) is 17.2 Å². The highest BCUT2D eigenvalue weighted by Gasteiger charge is 2.37. The molecule has 0 spiro atoms. The maximum absolute atomic E-state index is 13.2. The van der Waals surface area contributed by atoms with Crippen molar-refractivity contribution in [3.63, 3.8) is 0 Å². The molecule has 0 aliphatic rings. The Hall–Kier alpha value is -5.22. The van der Waals surface area contributed by atoms with E-state index in [4.69, 9.17) is 40.5 Å². The number of hydroxylamine groups is 2. The molecule has 0 radical (unpaired) electrons. The quantitative estimate of drug-likeness (QED) is 0.0209. The Kier molecular flexibility index (Phi) is 15.2. The van der Waals surface area contributed by atoms with Gasteiger partial charge in [0.2, 0.25) is 6.41 Å². The maximum Gasteiger partial charge on any atom is 0.325 e. The summed E-state index contributed by atoms with van der Waals surface area (Å²) < 4.78 is 34.7. The lowest BCUT2D eigenvalue weighted by atomic mass is 9.95. The normalized spacial score (nSPS) is 12.6. The van der Waals surface area contributed by atoms with Crippen molar-refractivity contribution in [3.8, 4) is 5.75 Å². The summed E-state index contributed by atoms with van der Waals surface area (Å²) in [6.45, 7) is 5.96. The van der Waals surface area contributed by atoms with E-state index in [1.165, 1.54) is 13.8 Å². The van der Waals surface area contributed by atoms with E-state index < -0.39 is 28.8 Å². The van der Waals surface area contributed by atoms with Crippen LogP contribution in [0.15, 0.2) is 53.1 Å². The molecular weight excluding hydrogens is 709 g/mol. The van der Waals surface area contributed by atoms with Gasteiger partial charge in [0.15, 0.2) is 36.0 Å². The molecule has 0 aliphatic carbocycles. The lowest BCUT2D eigenvalue weighted by Gasteiger charge is -2.37. The Labute approximate surface area is 299 Å². The molecule has 1 unspecified atom stereocenters. The molecule has 0 aliphatic heterocycles. The number of nitrogen functional groups attached to an aromatic ring is 1. The summed E-state index contributed by atoms with van der Waals surface area (Å²) in [6.07, 6.45) is 3.12. The number of ether oxygens (including phenoxy) is 1. The first-order chi connectivity index (χ1) is 24.3. The Bertz CT molecular complexity index is 1830. The second-order valence-corrected chi connectivity index (χ2v) is 12.5. The maximum atomic E-state index is 13.2. The summed E-state index contributed by atoms with van der Waals surface area (Å²) in [5.74, 6) is 1.50. The van der Waals surface area contributed by atoms with Crippen molar-refractivity contribution in [2.24, 2.45) is 17.9 Å². The average Bonchev–Trinajstić information content (AvgIpc) is 3.68. The molecule has 3 heterocycles. The van der Waals surface area contributed by atoms with Gasteiger partial charge in [-0.1, -0.05) is 5.16 Å². The van der Waals surface area contributed by atoms with Crippen LogP contribution < -0.4 is 31.5 Å². The highest BCUT2D eigenvalue weighted by Crippen LogP contribution is 2.23. The fraction of sp³-hybridized carbons (Fsp3) is 0.367. The van der Waals surface area contributed by atoms with E-state index >= 15 is 0 Å². The van der Waals surface area contributed by atoms with Crippen LogP contribution in [0.5, 0.6) is 5.75 Å². The van der Waals surface area contributed by atoms with Gasteiger partial charge in [-0.25, -0.2) is 9.97 Å². The number of rotatable bonds is 18. The second-order valence-electron chi connectivity index (χ2n) is 11.1. The molecule has 3 aromatic heterocycles. The highest BCUT2D eigenvalue weighted by molar-refractivity contribution is 7.74. The van der Waals surface area contributed by atoms with Crippen LogP contribution in [-0.4, -0.2) is 89.4 Å². The third kappa shape index (κ3) is 11.4. The van der Waals surface area contributed by atoms with Crippen molar-refractivity contribution in [1.82, 2.24) is 25.0 Å². The van der Waals surface area contributed by atoms with E-state index in [1.54, 1.807) is 18.4 Å². The van der Waals surface area contributed by atoms with Crippen LogP contribution >= 0.6 is 11.3 Å². The van der Waals surface area contributed by atoms with Gasteiger partial charge in [-0.05, 0) is 57.6 Å². The molecule has 21 heteroatoms. The van der Waals surface area contributed by atoms with Crippen LogP contribution in [0, 0.1) is 0 Å². The fourth-order valence-electron chi connectivity index (χ4n) is 4.36. The van der Waals surface area contributed by atoms with Gasteiger partial charge in [-0.2, -0.15) is 9.27 Å². The Morgan fingerprint density at radius 1 is 1.24 bits per heavy atom. The summed E-state index contributed by atoms with van der Waals surface area (Å²) in [4.78, 5) is 47.3. The van der Waals surface area contributed by atoms with E-state index in [-0.39, 0.29) is 42.6 Å². The minimum atomic E-state index is -2.75. The highest BCUT2D eigenvalue weighted by atomic mass is 32.2. The van der Waals surface area contributed by atoms with Gasteiger partial charge in [0.1, 0.15) is 23.9 Å². The minimum absolute atomic E-state index is 0.00634. The molecule has 51 heavy (non-hydrogen) atoms. The zero-order valence-electron chi connectivity index (χ0n) is 28.3. The predicted molar refractivity (Wildman–Crippen MR) is 189 cm³/mol. The van der Waals surface area contributed by atoms with E-state index in [2.05, 4.69) is 29.7 Å². The number of fused-ring (bicyclic) bond motifs is 1. The number of aryl methyl sites for hydroxylation is 1. The van der Waals surface area contributed by atoms with Gasteiger partial charge < -0.3 is 36.8 Å². The number of carbonyl (C=O) groups is 3. The molecule has 1 aromatic carbocycles. The predicted octanol–water partition coefficient (Wildman–Crippen LogP) is 1.30. The summed E-state index contributed by atoms with van der Waals surface area (Å²) >= 11 is -1.64. The van der Waals surface area contributed by atoms with Crippen LogP contribution in [0.1, 0.15) is 32.9 Å². The zero-order valence-corrected chi connectivity index (χ0v) is 29.9. The fourth-order valence-corrected chi connectivity index (χ4v) is 5.27. The van der Waals surface area contributed by atoms with Crippen molar-refractivity contribution in [2.75, 3.05) is 30.8 Å². The Morgan fingerprint density at radius 3 is 2.63 bits per heavy atom. The first-order valence-electron chi connectivity index (χ1n) is 15.2. The smallest absolute Gasteiger partial charge is 0.325 e. The molecule has 0 bridgehead atoms. The summed E-state index contributed by atoms with van der Waals surface area (Å²) in [6, 6.07) is 10.5. The van der Waals surface area contributed by atoms with Gasteiger partial charge in [-0.3, -0.25) is 18.9 Å². The van der Waals surface area contributed by atoms with Crippen molar-refractivity contribution >= 4 is 74.9 Å². The van der Waals surface area contributed by atoms with Crippen molar-refractivity contribution in [2.45, 2.75) is 45.3 Å². The number of hydrogen-bond acceptors (Lipinski definition) is 14. The number of nitrogens with one attached hydrogen (secondary N) is 2. The number of anilines is 3. The van der Waals surface area contributed by atoms with Crippen molar-refractivity contribution < 1.29 is 46.8 Å². The van der Waals surface area contributed by atoms with E-state index in [1.807, 2.05) is 48.3 Å². The summed E-state index contributed by atoms with van der Waals surface area (Å²) in [7, 11) is 1.97. The van der Waals surface area contributed by atoms with Gasteiger partial charge in [-0.15, -0.1) is 25.0 Å². The number of carboxylic acid groups (broad SMARTS) is 1. The molecular formula is C30H41N10O9S2+. The average molecular weight is 750 g/mol. The van der Waals surface area contributed by atoms with E-state index in [0.717, 1.165) is 41.0 Å². The number of benzene rings is 1. The Morgan fingerprint density at radius 2 is 1.98 bits per heavy atom. The Balaban J connectivity index is 0.00000226. The summed E-state index contributed by atoms with van der Waals surface area (Å²) in [5.41, 5.74) is 11.0. The SMILES string of the molecule is C[C@@H](NC(=O)/C(=N\OCCOc1ccc2nc(Nc3cc[n+](CCCN)n3C)ccc2c1)c1csc(N)n1)C(C)(C)N(C=O)OS(=O)O.O=CO. The molecule has 2 amide bonds. The second kappa shape index (κ2) is 19.2. The third-order valence-corrected chi connectivity index (χ3v) is 8.40.